The number of nitrogens with zero attached hydrogens (tertiary/aromatic N) is 2. The van der Waals surface area contributed by atoms with Gasteiger partial charge in [-0.05, 0) is 23.3 Å². The van der Waals surface area contributed by atoms with Crippen molar-refractivity contribution in [3.63, 3.8) is 0 Å². The SMILES string of the molecule is O=C(/C=C/c1ccccc1C(=O)N1CCN(Cc2ccccc2)C12COC2)c1ccccc1. The highest BCUT2D eigenvalue weighted by Gasteiger charge is 2.54. The van der Waals surface area contributed by atoms with E-state index in [4.69, 9.17) is 4.74 Å². The molecule has 2 aliphatic heterocycles. The van der Waals surface area contributed by atoms with E-state index in [0.29, 0.717) is 30.9 Å². The highest BCUT2D eigenvalue weighted by atomic mass is 16.5. The van der Waals surface area contributed by atoms with Crippen LogP contribution in [0.3, 0.4) is 0 Å². The van der Waals surface area contributed by atoms with Gasteiger partial charge in [0.15, 0.2) is 5.78 Å². The van der Waals surface area contributed by atoms with Crippen LogP contribution in [0.25, 0.3) is 6.08 Å². The summed E-state index contributed by atoms with van der Waals surface area (Å²) in [5, 5.41) is 0. The Morgan fingerprint density at radius 3 is 2.21 bits per heavy atom. The largest absolute Gasteiger partial charge is 0.374 e. The predicted octanol–water partition coefficient (Wildman–Crippen LogP) is 4.27. The maximum atomic E-state index is 13.7. The normalized spacial score (nSPS) is 17.4. The van der Waals surface area contributed by atoms with E-state index in [0.717, 1.165) is 18.7 Å². The Labute approximate surface area is 193 Å². The lowest BCUT2D eigenvalue weighted by molar-refractivity contribution is -0.176. The van der Waals surface area contributed by atoms with Crippen molar-refractivity contribution < 1.29 is 14.3 Å². The number of hydrogen-bond acceptors (Lipinski definition) is 4. The highest BCUT2D eigenvalue weighted by molar-refractivity contribution is 6.07. The molecule has 0 radical (unpaired) electrons. The van der Waals surface area contributed by atoms with Gasteiger partial charge in [0.05, 0.1) is 13.2 Å². The van der Waals surface area contributed by atoms with Crippen LogP contribution < -0.4 is 0 Å². The number of hydrogen-bond donors (Lipinski definition) is 0. The summed E-state index contributed by atoms with van der Waals surface area (Å²) < 4.78 is 5.61. The van der Waals surface area contributed by atoms with Gasteiger partial charge in [-0.25, -0.2) is 0 Å². The van der Waals surface area contributed by atoms with Crippen molar-refractivity contribution >= 4 is 17.8 Å². The molecule has 166 valence electrons. The fourth-order valence-corrected chi connectivity index (χ4v) is 4.60. The molecule has 2 heterocycles. The number of rotatable bonds is 6. The molecule has 5 heteroatoms. The number of benzene rings is 3. The van der Waals surface area contributed by atoms with Crippen LogP contribution in [0.4, 0.5) is 0 Å². The van der Waals surface area contributed by atoms with E-state index >= 15 is 0 Å². The molecule has 2 saturated heterocycles. The maximum absolute atomic E-state index is 13.7. The zero-order valence-corrected chi connectivity index (χ0v) is 18.4. The molecule has 0 aromatic heterocycles. The molecule has 0 aliphatic carbocycles. The van der Waals surface area contributed by atoms with E-state index in [1.54, 1.807) is 18.2 Å². The minimum absolute atomic E-state index is 0.0266. The van der Waals surface area contributed by atoms with E-state index in [9.17, 15) is 9.59 Å². The lowest BCUT2D eigenvalue weighted by Gasteiger charge is -2.49. The summed E-state index contributed by atoms with van der Waals surface area (Å²) in [6, 6.07) is 26.9. The van der Waals surface area contributed by atoms with Crippen molar-refractivity contribution in [2.24, 2.45) is 0 Å². The monoisotopic (exact) mass is 438 g/mol. The average molecular weight is 439 g/mol. The third kappa shape index (κ3) is 4.13. The third-order valence-corrected chi connectivity index (χ3v) is 6.48. The number of carbonyl (C=O) groups is 2. The Balaban J connectivity index is 1.38. The van der Waals surface area contributed by atoms with E-state index in [-0.39, 0.29) is 11.7 Å². The number of allylic oxidation sites excluding steroid dienone is 1. The molecule has 0 saturated carbocycles. The van der Waals surface area contributed by atoms with Crippen LogP contribution in [0.15, 0.2) is 91.0 Å². The Morgan fingerprint density at radius 1 is 0.848 bits per heavy atom. The molecule has 33 heavy (non-hydrogen) atoms. The highest BCUT2D eigenvalue weighted by Crippen LogP contribution is 2.36. The molecule has 0 N–H and O–H groups in total. The minimum atomic E-state index is -0.413. The summed E-state index contributed by atoms with van der Waals surface area (Å²) in [5.41, 5.74) is 2.77. The van der Waals surface area contributed by atoms with Gasteiger partial charge < -0.3 is 9.64 Å². The quantitative estimate of drug-likeness (QED) is 0.426. The van der Waals surface area contributed by atoms with Gasteiger partial charge in [0.2, 0.25) is 0 Å². The molecule has 3 aromatic carbocycles. The summed E-state index contributed by atoms with van der Waals surface area (Å²) in [4.78, 5) is 30.5. The molecule has 1 spiro atoms. The fraction of sp³-hybridized carbons (Fsp3) is 0.214. The topological polar surface area (TPSA) is 49.9 Å². The Bertz CT molecular complexity index is 1170. The van der Waals surface area contributed by atoms with Crippen LogP contribution in [0.1, 0.15) is 31.8 Å². The van der Waals surface area contributed by atoms with Gasteiger partial charge in [-0.15, -0.1) is 0 Å². The van der Waals surface area contributed by atoms with Gasteiger partial charge >= 0.3 is 0 Å². The van der Waals surface area contributed by atoms with E-state index < -0.39 is 5.66 Å². The van der Waals surface area contributed by atoms with E-state index in [1.165, 1.54) is 11.6 Å². The molecule has 5 nitrogen and oxygen atoms in total. The second-order valence-electron chi connectivity index (χ2n) is 8.49. The van der Waals surface area contributed by atoms with Crippen LogP contribution in [0.2, 0.25) is 0 Å². The van der Waals surface area contributed by atoms with Crippen LogP contribution in [-0.2, 0) is 11.3 Å². The van der Waals surface area contributed by atoms with Crippen molar-refractivity contribution in [1.29, 1.82) is 0 Å². The molecule has 1 amide bonds. The first-order chi connectivity index (χ1) is 16.2. The lowest BCUT2D eigenvalue weighted by Crippen LogP contribution is -2.67. The first-order valence-corrected chi connectivity index (χ1v) is 11.2. The Kier molecular flexibility index (Phi) is 5.90. The molecular formula is C28H26N2O3. The van der Waals surface area contributed by atoms with Gasteiger partial charge in [-0.1, -0.05) is 84.9 Å². The van der Waals surface area contributed by atoms with Gasteiger partial charge in [0.25, 0.3) is 5.91 Å². The smallest absolute Gasteiger partial charge is 0.256 e. The number of carbonyl (C=O) groups excluding carboxylic acids is 2. The number of amides is 1. The van der Waals surface area contributed by atoms with E-state index in [2.05, 4.69) is 17.0 Å². The molecule has 2 fully saturated rings. The standard InChI is InChI=1S/C28H26N2O3/c31-26(24-12-5-2-6-13-24)16-15-23-11-7-8-14-25(23)27(32)30-18-17-29(28(30)20-33-21-28)19-22-9-3-1-4-10-22/h1-16H,17-21H2/b16-15+. The van der Waals surface area contributed by atoms with Crippen molar-refractivity contribution in [2.45, 2.75) is 12.2 Å². The van der Waals surface area contributed by atoms with Crippen LogP contribution >= 0.6 is 0 Å². The van der Waals surface area contributed by atoms with Crippen LogP contribution in [0.5, 0.6) is 0 Å². The zero-order chi connectivity index (χ0) is 22.7. The van der Waals surface area contributed by atoms with Gasteiger partial charge in [0.1, 0.15) is 5.66 Å². The second-order valence-corrected chi connectivity index (χ2v) is 8.49. The molecule has 0 unspecified atom stereocenters. The maximum Gasteiger partial charge on any atom is 0.256 e. The number of ketones is 1. The third-order valence-electron chi connectivity index (χ3n) is 6.48. The minimum Gasteiger partial charge on any atom is -0.374 e. The fourth-order valence-electron chi connectivity index (χ4n) is 4.60. The van der Waals surface area contributed by atoms with Crippen molar-refractivity contribution in [3.05, 3.63) is 113 Å². The van der Waals surface area contributed by atoms with E-state index in [1.807, 2.05) is 65.6 Å². The summed E-state index contributed by atoms with van der Waals surface area (Å²) in [7, 11) is 0. The molecule has 2 aliphatic rings. The molecule has 0 bridgehead atoms. The second kappa shape index (κ2) is 9.14. The Hall–Kier alpha value is -3.54. The lowest BCUT2D eigenvalue weighted by atomic mass is 10.0. The zero-order valence-electron chi connectivity index (χ0n) is 18.4. The van der Waals surface area contributed by atoms with Gasteiger partial charge in [-0.2, -0.15) is 0 Å². The Morgan fingerprint density at radius 2 is 1.52 bits per heavy atom. The number of ether oxygens (including phenoxy) is 1. The van der Waals surface area contributed by atoms with Crippen molar-refractivity contribution in [3.8, 4) is 0 Å². The van der Waals surface area contributed by atoms with Gasteiger partial charge in [0, 0.05) is 30.8 Å². The van der Waals surface area contributed by atoms with Crippen molar-refractivity contribution in [1.82, 2.24) is 9.80 Å². The van der Waals surface area contributed by atoms with Crippen LogP contribution in [-0.4, -0.2) is 53.5 Å². The molecule has 5 rings (SSSR count). The first kappa shape index (κ1) is 21.3. The molecular weight excluding hydrogens is 412 g/mol. The average Bonchev–Trinajstić information content (AvgIpc) is 3.23. The summed E-state index contributed by atoms with van der Waals surface area (Å²) in [6.07, 6.45) is 3.28. The summed E-state index contributed by atoms with van der Waals surface area (Å²) in [5.74, 6) is -0.113. The molecule has 3 aromatic rings. The van der Waals surface area contributed by atoms with Crippen LogP contribution in [0, 0.1) is 0 Å². The van der Waals surface area contributed by atoms with Crippen molar-refractivity contribution in [2.75, 3.05) is 26.3 Å². The predicted molar refractivity (Wildman–Crippen MR) is 128 cm³/mol. The molecule has 0 atom stereocenters. The summed E-state index contributed by atoms with van der Waals surface area (Å²) >= 11 is 0. The first-order valence-electron chi connectivity index (χ1n) is 11.2. The van der Waals surface area contributed by atoms with Gasteiger partial charge in [-0.3, -0.25) is 14.5 Å². The summed E-state index contributed by atoms with van der Waals surface area (Å²) in [6.45, 7) is 3.25.